The van der Waals surface area contributed by atoms with E-state index < -0.39 is 56.6 Å². The molecule has 18 nitrogen and oxygen atoms in total. The summed E-state index contributed by atoms with van der Waals surface area (Å²) in [6, 6.07) is 29.0. The Labute approximate surface area is 406 Å². The van der Waals surface area contributed by atoms with Crippen LogP contribution in [0.4, 0.5) is 13.2 Å². The van der Waals surface area contributed by atoms with Gasteiger partial charge in [0.15, 0.2) is 0 Å². The van der Waals surface area contributed by atoms with Gasteiger partial charge in [0, 0.05) is 36.5 Å². The van der Waals surface area contributed by atoms with Crippen molar-refractivity contribution in [3.8, 4) is 11.4 Å². The number of hydrogen-bond donors (Lipinski definition) is 6. The number of carbonyl (C=O) groups excluding carboxylic acids is 3. The molecule has 8 aromatic rings. The molecule has 71 heavy (non-hydrogen) atoms. The van der Waals surface area contributed by atoms with Crippen LogP contribution in [-0.4, -0.2) is 93.5 Å². The summed E-state index contributed by atoms with van der Waals surface area (Å²) in [5.74, 6) is -3.39. The minimum absolute atomic E-state index is 0.0869. The number of rotatable bonds is 14. The molecule has 0 spiro atoms. The lowest BCUT2D eigenvalue weighted by molar-refractivity contribution is 0.0696. The minimum atomic E-state index is -3.57. The molecule has 0 aliphatic carbocycles. The summed E-state index contributed by atoms with van der Waals surface area (Å²) in [5, 5.41) is 27.1. The Hall–Kier alpha value is -8.25. The van der Waals surface area contributed by atoms with Gasteiger partial charge in [0.2, 0.25) is 20.0 Å². The third-order valence-electron chi connectivity index (χ3n) is 10.7. The Morgan fingerprint density at radius 2 is 0.944 bits per heavy atom. The summed E-state index contributed by atoms with van der Waals surface area (Å²) in [5.41, 5.74) is 3.79. The highest BCUT2D eigenvalue weighted by atomic mass is 32.2. The summed E-state index contributed by atoms with van der Waals surface area (Å²) in [7, 11) is -4.00. The van der Waals surface area contributed by atoms with Crippen molar-refractivity contribution in [2.24, 2.45) is 0 Å². The van der Waals surface area contributed by atoms with Crippen LogP contribution in [0.3, 0.4) is 0 Å². The first-order chi connectivity index (χ1) is 34.3. The van der Waals surface area contributed by atoms with Gasteiger partial charge in [0.1, 0.15) is 11.6 Å². The number of nitrogens with zero attached hydrogens (tertiary/aromatic N) is 4. The van der Waals surface area contributed by atoms with Gasteiger partial charge < -0.3 is 21.1 Å². The summed E-state index contributed by atoms with van der Waals surface area (Å²) >= 11 is 0. The SMILES string of the molecule is CNC(=O)c1cc(C(=O)NCc2ccc(S(=O)(=O)NC)cc2)c2cnn(-c3ccc(F)cc3)c2c1.CNS(=O)(=O)c1ccc(CNC(=O)c2cc(C(=O)O)cc3c2cnn3-c2ccc(F)cc2)cc1.[2H]CF. The molecule has 23 heteroatoms. The molecule has 0 bridgehead atoms. The maximum Gasteiger partial charge on any atom is 0.335 e. The lowest BCUT2D eigenvalue weighted by Gasteiger charge is -2.10. The van der Waals surface area contributed by atoms with Crippen LogP contribution in [-0.2, 0) is 33.1 Å². The van der Waals surface area contributed by atoms with Crippen molar-refractivity contribution < 1.29 is 55.7 Å². The fraction of sp³-hybridized carbons (Fsp3) is 0.125. The van der Waals surface area contributed by atoms with E-state index in [9.17, 15) is 54.3 Å². The second-order valence-electron chi connectivity index (χ2n) is 14.9. The first-order valence-corrected chi connectivity index (χ1v) is 23.8. The smallest absolute Gasteiger partial charge is 0.335 e. The third kappa shape index (κ3) is 12.0. The van der Waals surface area contributed by atoms with E-state index in [1.54, 1.807) is 42.5 Å². The van der Waals surface area contributed by atoms with Crippen LogP contribution in [0.15, 0.2) is 144 Å². The molecule has 6 N–H and O–H groups in total. The number of sulfonamides is 2. The van der Waals surface area contributed by atoms with Gasteiger partial charge in [0.05, 0.1) is 69.8 Å². The van der Waals surface area contributed by atoms with Crippen LogP contribution < -0.4 is 25.4 Å². The van der Waals surface area contributed by atoms with Gasteiger partial charge >= 0.3 is 5.97 Å². The highest BCUT2D eigenvalue weighted by Gasteiger charge is 2.21. The second kappa shape index (κ2) is 22.5. The van der Waals surface area contributed by atoms with E-state index in [2.05, 4.69) is 35.6 Å². The van der Waals surface area contributed by atoms with E-state index in [-0.39, 0.29) is 51.0 Å². The monoisotopic (exact) mass is 1010 g/mol. The van der Waals surface area contributed by atoms with E-state index in [0.717, 1.165) is 0 Å². The number of aromatic nitrogens is 4. The molecular weight excluding hydrogens is 968 g/mol. The molecule has 8 rings (SSSR count). The zero-order chi connectivity index (χ0) is 52.3. The number of amides is 3. The average Bonchev–Trinajstić information content (AvgIpc) is 4.02. The molecule has 0 atom stereocenters. The van der Waals surface area contributed by atoms with Gasteiger partial charge in [-0.25, -0.2) is 49.2 Å². The van der Waals surface area contributed by atoms with E-state index >= 15 is 0 Å². The van der Waals surface area contributed by atoms with Crippen molar-refractivity contribution in [2.45, 2.75) is 22.9 Å². The molecule has 0 aliphatic rings. The predicted octanol–water partition coefficient (Wildman–Crippen LogP) is 5.65. The summed E-state index contributed by atoms with van der Waals surface area (Å²) in [4.78, 5) is 50.4. The van der Waals surface area contributed by atoms with Gasteiger partial charge in [-0.3, -0.25) is 18.8 Å². The molecule has 3 amide bonds. The molecule has 0 radical (unpaired) electrons. The highest BCUT2D eigenvalue weighted by Crippen LogP contribution is 2.27. The van der Waals surface area contributed by atoms with Crippen LogP contribution >= 0.6 is 0 Å². The van der Waals surface area contributed by atoms with Crippen molar-refractivity contribution in [1.82, 2.24) is 45.0 Å². The number of hydrogen-bond acceptors (Lipinski definition) is 10. The number of halogens is 3. The second-order valence-corrected chi connectivity index (χ2v) is 18.7. The summed E-state index contributed by atoms with van der Waals surface area (Å²) < 4.78 is 97.1. The quantitative estimate of drug-likeness (QED) is 0.0777. The Morgan fingerprint density at radius 3 is 1.30 bits per heavy atom. The van der Waals surface area contributed by atoms with E-state index in [1.807, 2.05) is 0 Å². The summed E-state index contributed by atoms with van der Waals surface area (Å²) in [6.07, 6.45) is 2.95. The number of carboxylic acids is 1. The number of carbonyl (C=O) groups is 4. The summed E-state index contributed by atoms with van der Waals surface area (Å²) in [6.45, 7) is 0.222. The fourth-order valence-corrected chi connectivity index (χ4v) is 8.43. The predicted molar refractivity (Wildman–Crippen MR) is 257 cm³/mol. The van der Waals surface area contributed by atoms with Gasteiger partial charge in [-0.2, -0.15) is 10.2 Å². The van der Waals surface area contributed by atoms with Crippen molar-refractivity contribution in [2.75, 3.05) is 28.3 Å². The molecule has 368 valence electrons. The van der Waals surface area contributed by atoms with Crippen molar-refractivity contribution in [3.63, 3.8) is 0 Å². The molecule has 0 aliphatic heterocycles. The maximum absolute atomic E-state index is 13.4. The van der Waals surface area contributed by atoms with Gasteiger partial charge in [0.25, 0.3) is 17.7 Å². The van der Waals surface area contributed by atoms with Crippen LogP contribution in [0.5, 0.6) is 0 Å². The minimum Gasteiger partial charge on any atom is -0.478 e. The number of carboxylic acid groups (broad SMARTS) is 1. The number of aromatic carboxylic acids is 1. The molecule has 0 unspecified atom stereocenters. The number of nitrogens with one attached hydrogen (secondary N) is 5. The Morgan fingerprint density at radius 1 is 0.577 bits per heavy atom. The standard InChI is InChI=1S/C24H22FN5O4S.C23H19FN4O5S.CH3F/c1-26-23(31)16-11-20(21-14-29-30(22(21)12-16)18-7-5-17(25)6-8-18)24(32)28-13-15-3-9-19(10-4-15)35(33,34)27-2;1-25-34(32,33)18-8-2-14(3-9-18)12-26-22(29)19-10-15(23(30)31)11-21-20(19)13-27-28(21)17-6-4-16(24)5-7-17;1-2/h3-12,14,27H,13H2,1-2H3,(H,26,31)(H,28,32);2-11,13,25H,12H2,1H3,(H,26,29)(H,30,31);1H3/i;;1D. The van der Waals surface area contributed by atoms with E-state index in [0.29, 0.717) is 44.3 Å². The van der Waals surface area contributed by atoms with Gasteiger partial charge in [-0.15, -0.1) is 0 Å². The van der Waals surface area contributed by atoms with E-state index in [1.165, 1.54) is 122 Å². The van der Waals surface area contributed by atoms with Crippen LogP contribution in [0, 0.1) is 11.6 Å². The lowest BCUT2D eigenvalue weighted by atomic mass is 10.0. The Bertz CT molecular complexity index is 3510. The molecule has 0 saturated carbocycles. The zero-order valence-corrected chi connectivity index (χ0v) is 39.4. The first kappa shape index (κ1) is 50.6. The Kier molecular flexibility index (Phi) is 16.0. The van der Waals surface area contributed by atoms with Crippen LogP contribution in [0.2, 0.25) is 0 Å². The van der Waals surface area contributed by atoms with Crippen molar-refractivity contribution in [3.05, 3.63) is 179 Å². The number of benzene rings is 6. The molecule has 0 fully saturated rings. The van der Waals surface area contributed by atoms with E-state index in [4.69, 9.17) is 1.37 Å². The zero-order valence-electron chi connectivity index (χ0n) is 38.8. The molecule has 0 saturated heterocycles. The van der Waals surface area contributed by atoms with Crippen LogP contribution in [0.25, 0.3) is 33.2 Å². The normalized spacial score (nSPS) is 11.4. The number of fused-ring (bicyclic) bond motifs is 2. The van der Waals surface area contributed by atoms with Crippen molar-refractivity contribution >= 4 is 65.5 Å². The highest BCUT2D eigenvalue weighted by molar-refractivity contribution is 7.89. The largest absolute Gasteiger partial charge is 0.478 e. The first-order valence-electron chi connectivity index (χ1n) is 21.5. The molecular formula is C48H44F3N9O9S2. The average molecular weight is 1010 g/mol. The third-order valence-corrected chi connectivity index (χ3v) is 13.5. The Balaban J connectivity index is 0.000000223. The van der Waals surface area contributed by atoms with Crippen molar-refractivity contribution in [1.29, 1.82) is 0 Å². The fourth-order valence-electron chi connectivity index (χ4n) is 6.97. The molecule has 2 heterocycles. The topological polar surface area (TPSA) is 253 Å². The lowest BCUT2D eigenvalue weighted by Crippen LogP contribution is -2.24. The number of alkyl halides is 1. The van der Waals surface area contributed by atoms with Gasteiger partial charge in [-0.05, 0) is 122 Å². The van der Waals surface area contributed by atoms with Crippen LogP contribution in [0.1, 0.15) is 53.9 Å². The molecule has 2 aromatic heterocycles. The van der Waals surface area contributed by atoms with Gasteiger partial charge in [-0.1, -0.05) is 24.3 Å². The maximum atomic E-state index is 13.4. The molecule has 6 aromatic carbocycles.